The molecule has 1 heterocycles. The molecule has 0 saturated heterocycles. The molecule has 54 valence electrons. The van der Waals surface area contributed by atoms with Gasteiger partial charge in [-0.15, -0.1) is 0 Å². The summed E-state index contributed by atoms with van der Waals surface area (Å²) in [6, 6.07) is 0. The predicted octanol–water partition coefficient (Wildman–Crippen LogP) is 1.66. The highest BCUT2D eigenvalue weighted by Gasteiger charge is 2.00. The third-order valence-corrected chi connectivity index (χ3v) is 1.60. The van der Waals surface area contributed by atoms with Crippen LogP contribution in [0.4, 0.5) is 0 Å². The predicted molar refractivity (Wildman–Crippen MR) is 40.0 cm³/mol. The van der Waals surface area contributed by atoms with Gasteiger partial charge in [-0.3, -0.25) is 4.98 Å². The molecule has 10 heavy (non-hydrogen) atoms. The van der Waals surface area contributed by atoms with Gasteiger partial charge in [-0.25, -0.2) is 0 Å². The fourth-order valence-electron chi connectivity index (χ4n) is 1.04. The fourth-order valence-corrected chi connectivity index (χ4v) is 1.04. The Bertz CT molecular complexity index is 212. The molecule has 0 aromatic carbocycles. The van der Waals surface area contributed by atoms with Gasteiger partial charge in [-0.1, -0.05) is 6.92 Å². The minimum Gasteiger partial charge on any atom is -0.506 e. The summed E-state index contributed by atoms with van der Waals surface area (Å²) in [6.07, 6.45) is 4.10. The van der Waals surface area contributed by atoms with Crippen molar-refractivity contribution in [1.82, 2.24) is 4.98 Å². The number of pyridine rings is 1. The molecule has 0 aliphatic rings. The third kappa shape index (κ3) is 1.10. The molecule has 0 bridgehead atoms. The van der Waals surface area contributed by atoms with Crippen LogP contribution < -0.4 is 0 Å². The van der Waals surface area contributed by atoms with E-state index in [9.17, 15) is 5.11 Å². The fraction of sp³-hybridized carbons (Fsp3) is 0.375. The first-order valence-electron chi connectivity index (χ1n) is 3.38. The molecule has 0 unspecified atom stereocenters. The van der Waals surface area contributed by atoms with Crippen molar-refractivity contribution in [2.75, 3.05) is 0 Å². The monoisotopic (exact) mass is 137 g/mol. The van der Waals surface area contributed by atoms with E-state index in [1.165, 1.54) is 6.20 Å². The van der Waals surface area contributed by atoms with Gasteiger partial charge in [0.15, 0.2) is 0 Å². The molecule has 0 saturated carbocycles. The topological polar surface area (TPSA) is 33.1 Å². The average Bonchev–Trinajstić information content (AvgIpc) is 1.88. The number of rotatable bonds is 1. The van der Waals surface area contributed by atoms with Gasteiger partial charge in [0.25, 0.3) is 0 Å². The van der Waals surface area contributed by atoms with E-state index in [2.05, 4.69) is 4.98 Å². The summed E-state index contributed by atoms with van der Waals surface area (Å²) in [6.45, 7) is 3.97. The minimum atomic E-state index is 0.308. The van der Waals surface area contributed by atoms with Crippen LogP contribution in [0.3, 0.4) is 0 Å². The van der Waals surface area contributed by atoms with Crippen LogP contribution in [0.15, 0.2) is 12.4 Å². The lowest BCUT2D eigenvalue weighted by molar-refractivity contribution is 0.465. The molecule has 1 aromatic rings. The molecule has 2 heteroatoms. The first kappa shape index (κ1) is 7.06. The number of hydrogen-bond acceptors (Lipinski definition) is 2. The Hall–Kier alpha value is -1.05. The normalized spacial score (nSPS) is 9.80. The van der Waals surface area contributed by atoms with E-state index in [1.807, 2.05) is 13.8 Å². The zero-order chi connectivity index (χ0) is 7.56. The van der Waals surface area contributed by atoms with Gasteiger partial charge >= 0.3 is 0 Å². The lowest BCUT2D eigenvalue weighted by Gasteiger charge is -2.02. The van der Waals surface area contributed by atoms with Crippen molar-refractivity contribution in [2.45, 2.75) is 20.3 Å². The number of aromatic nitrogens is 1. The number of aromatic hydroxyl groups is 1. The quantitative estimate of drug-likeness (QED) is 0.638. The van der Waals surface area contributed by atoms with E-state index in [1.54, 1.807) is 6.20 Å². The lowest BCUT2D eigenvalue weighted by Crippen LogP contribution is -1.87. The SMILES string of the molecule is CCc1c(C)cncc1O. The maximum absolute atomic E-state index is 9.23. The summed E-state index contributed by atoms with van der Waals surface area (Å²) in [5, 5.41) is 9.23. The zero-order valence-electron chi connectivity index (χ0n) is 6.26. The molecular weight excluding hydrogens is 126 g/mol. The summed E-state index contributed by atoms with van der Waals surface area (Å²) in [5.41, 5.74) is 2.05. The molecule has 0 atom stereocenters. The van der Waals surface area contributed by atoms with Crippen molar-refractivity contribution < 1.29 is 5.11 Å². The van der Waals surface area contributed by atoms with E-state index in [-0.39, 0.29) is 0 Å². The van der Waals surface area contributed by atoms with E-state index >= 15 is 0 Å². The summed E-state index contributed by atoms with van der Waals surface area (Å²) in [5.74, 6) is 0.308. The summed E-state index contributed by atoms with van der Waals surface area (Å²) in [7, 11) is 0. The molecule has 0 radical (unpaired) electrons. The van der Waals surface area contributed by atoms with E-state index < -0.39 is 0 Å². The highest BCUT2D eigenvalue weighted by Crippen LogP contribution is 2.18. The van der Waals surface area contributed by atoms with Gasteiger partial charge in [0.2, 0.25) is 0 Å². The Morgan fingerprint density at radius 2 is 2.20 bits per heavy atom. The molecule has 2 nitrogen and oxygen atoms in total. The van der Waals surface area contributed by atoms with Crippen molar-refractivity contribution in [2.24, 2.45) is 0 Å². The van der Waals surface area contributed by atoms with Crippen molar-refractivity contribution in [1.29, 1.82) is 0 Å². The van der Waals surface area contributed by atoms with Crippen LogP contribution in [-0.4, -0.2) is 10.1 Å². The molecule has 1 N–H and O–H groups in total. The van der Waals surface area contributed by atoms with Crippen LogP contribution in [0.5, 0.6) is 5.75 Å². The van der Waals surface area contributed by atoms with Crippen molar-refractivity contribution in [3.05, 3.63) is 23.5 Å². The van der Waals surface area contributed by atoms with Gasteiger partial charge in [0.05, 0.1) is 6.20 Å². The second-order valence-corrected chi connectivity index (χ2v) is 2.31. The molecule has 0 spiro atoms. The summed E-state index contributed by atoms with van der Waals surface area (Å²) < 4.78 is 0. The third-order valence-electron chi connectivity index (χ3n) is 1.60. The molecule has 0 amide bonds. The van der Waals surface area contributed by atoms with Crippen LogP contribution in [0.25, 0.3) is 0 Å². The molecule has 0 aliphatic heterocycles. The zero-order valence-corrected chi connectivity index (χ0v) is 6.26. The second kappa shape index (κ2) is 2.69. The van der Waals surface area contributed by atoms with Gasteiger partial charge < -0.3 is 5.11 Å². The molecular formula is C8H11NO. The van der Waals surface area contributed by atoms with Crippen molar-refractivity contribution in [3.63, 3.8) is 0 Å². The lowest BCUT2D eigenvalue weighted by atomic mass is 10.1. The first-order valence-corrected chi connectivity index (χ1v) is 3.38. The Balaban J connectivity index is 3.17. The van der Waals surface area contributed by atoms with Crippen molar-refractivity contribution in [3.8, 4) is 5.75 Å². The van der Waals surface area contributed by atoms with Crippen LogP contribution in [0.1, 0.15) is 18.1 Å². The van der Waals surface area contributed by atoms with Crippen LogP contribution in [0, 0.1) is 6.92 Å². The smallest absolute Gasteiger partial charge is 0.137 e. The van der Waals surface area contributed by atoms with Crippen LogP contribution in [-0.2, 0) is 6.42 Å². The van der Waals surface area contributed by atoms with Crippen LogP contribution >= 0.6 is 0 Å². The number of nitrogens with zero attached hydrogens (tertiary/aromatic N) is 1. The maximum Gasteiger partial charge on any atom is 0.137 e. The molecule has 0 aliphatic carbocycles. The highest BCUT2D eigenvalue weighted by atomic mass is 16.3. The van der Waals surface area contributed by atoms with Crippen molar-refractivity contribution >= 4 is 0 Å². The second-order valence-electron chi connectivity index (χ2n) is 2.31. The Labute approximate surface area is 60.5 Å². The molecule has 1 aromatic heterocycles. The van der Waals surface area contributed by atoms with Gasteiger partial charge in [0.1, 0.15) is 5.75 Å². The first-order chi connectivity index (χ1) is 4.75. The number of aryl methyl sites for hydroxylation is 1. The van der Waals surface area contributed by atoms with E-state index in [4.69, 9.17) is 0 Å². The highest BCUT2D eigenvalue weighted by molar-refractivity contribution is 5.34. The van der Waals surface area contributed by atoms with Gasteiger partial charge in [-0.2, -0.15) is 0 Å². The molecule has 0 fully saturated rings. The standard InChI is InChI=1S/C8H11NO/c1-3-7-6(2)4-9-5-8(7)10/h4-5,10H,3H2,1-2H3. The minimum absolute atomic E-state index is 0.308. The van der Waals surface area contributed by atoms with Gasteiger partial charge in [0, 0.05) is 6.20 Å². The molecule has 1 rings (SSSR count). The van der Waals surface area contributed by atoms with Crippen LogP contribution in [0.2, 0.25) is 0 Å². The average molecular weight is 137 g/mol. The summed E-state index contributed by atoms with van der Waals surface area (Å²) >= 11 is 0. The maximum atomic E-state index is 9.23. The van der Waals surface area contributed by atoms with Gasteiger partial charge in [-0.05, 0) is 24.5 Å². The Kier molecular flexibility index (Phi) is 1.90. The Morgan fingerprint density at radius 1 is 1.50 bits per heavy atom. The van der Waals surface area contributed by atoms with E-state index in [0.717, 1.165) is 17.5 Å². The Morgan fingerprint density at radius 3 is 2.60 bits per heavy atom. The number of hydrogen-bond donors (Lipinski definition) is 1. The van der Waals surface area contributed by atoms with E-state index in [0.29, 0.717) is 5.75 Å². The summed E-state index contributed by atoms with van der Waals surface area (Å²) in [4.78, 5) is 3.84. The largest absolute Gasteiger partial charge is 0.506 e.